The normalized spacial score (nSPS) is 13.3. The van der Waals surface area contributed by atoms with Crippen LogP contribution in [-0.4, -0.2) is 16.8 Å². The van der Waals surface area contributed by atoms with Gasteiger partial charge in [0.2, 0.25) is 13.0 Å². The molecule has 1 N–H and O–H groups in total. The lowest BCUT2D eigenvalue weighted by Gasteiger charge is -2.00. The Morgan fingerprint density at radius 2 is 2.07 bits per heavy atom. The summed E-state index contributed by atoms with van der Waals surface area (Å²) in [4.78, 5) is 9.49. The minimum Gasteiger partial charge on any atom is -0.507 e. The van der Waals surface area contributed by atoms with Crippen molar-refractivity contribution < 1.29 is 19.5 Å². The molecular weight excluding hydrogens is 202 g/mol. The van der Waals surface area contributed by atoms with Crippen LogP contribution in [0, 0.1) is 10.1 Å². The molecule has 1 aliphatic rings. The second-order valence-corrected chi connectivity index (χ2v) is 2.87. The van der Waals surface area contributed by atoms with Crippen molar-refractivity contribution in [2.75, 3.05) is 6.79 Å². The SMILES string of the molecule is O=[N+]([O-])/C=C/c1cc2c(cc1O)OCO2. The fraction of sp³-hybridized carbons (Fsp3) is 0.111. The van der Waals surface area contributed by atoms with Crippen LogP contribution in [0.3, 0.4) is 0 Å². The van der Waals surface area contributed by atoms with Crippen molar-refractivity contribution in [3.8, 4) is 17.2 Å². The monoisotopic (exact) mass is 209 g/mol. The Morgan fingerprint density at radius 1 is 1.40 bits per heavy atom. The van der Waals surface area contributed by atoms with Crippen molar-refractivity contribution in [3.05, 3.63) is 34.0 Å². The van der Waals surface area contributed by atoms with Gasteiger partial charge >= 0.3 is 0 Å². The lowest BCUT2D eigenvalue weighted by Crippen LogP contribution is -1.92. The van der Waals surface area contributed by atoms with Crippen LogP contribution >= 0.6 is 0 Å². The summed E-state index contributed by atoms with van der Waals surface area (Å²) in [5.41, 5.74) is 0.316. The third-order valence-corrected chi connectivity index (χ3v) is 1.90. The van der Waals surface area contributed by atoms with Gasteiger partial charge in [0, 0.05) is 17.7 Å². The molecular formula is C9H7NO5. The molecule has 0 bridgehead atoms. The van der Waals surface area contributed by atoms with Gasteiger partial charge in [0.1, 0.15) is 5.75 Å². The van der Waals surface area contributed by atoms with Crippen molar-refractivity contribution in [1.82, 2.24) is 0 Å². The first-order valence-electron chi connectivity index (χ1n) is 4.11. The largest absolute Gasteiger partial charge is 0.507 e. The maximum atomic E-state index is 10.1. The molecule has 0 saturated heterocycles. The van der Waals surface area contributed by atoms with Crippen LogP contribution in [0.2, 0.25) is 0 Å². The third-order valence-electron chi connectivity index (χ3n) is 1.90. The quantitative estimate of drug-likeness (QED) is 0.587. The van der Waals surface area contributed by atoms with E-state index in [4.69, 9.17) is 9.47 Å². The van der Waals surface area contributed by atoms with Gasteiger partial charge in [0.25, 0.3) is 0 Å². The Kier molecular flexibility index (Phi) is 2.17. The molecule has 0 atom stereocenters. The molecule has 78 valence electrons. The standard InChI is InChI=1S/C9H7NO5/c11-7-4-9-8(14-5-15-9)3-6(7)1-2-10(12)13/h1-4,11H,5H2/b2-1+. The van der Waals surface area contributed by atoms with E-state index in [0.29, 0.717) is 17.1 Å². The molecule has 6 nitrogen and oxygen atoms in total. The first-order chi connectivity index (χ1) is 7.16. The van der Waals surface area contributed by atoms with Crippen LogP contribution in [0.15, 0.2) is 18.3 Å². The molecule has 0 aliphatic carbocycles. The zero-order valence-electron chi connectivity index (χ0n) is 7.54. The van der Waals surface area contributed by atoms with Gasteiger partial charge in [-0.15, -0.1) is 0 Å². The van der Waals surface area contributed by atoms with Gasteiger partial charge in [-0.1, -0.05) is 0 Å². The smallest absolute Gasteiger partial charge is 0.235 e. The topological polar surface area (TPSA) is 81.8 Å². The lowest BCUT2D eigenvalue weighted by atomic mass is 10.2. The summed E-state index contributed by atoms with van der Waals surface area (Å²) in [6.45, 7) is 0.0944. The predicted octanol–water partition coefficient (Wildman–Crippen LogP) is 1.37. The molecule has 1 aromatic carbocycles. The zero-order valence-corrected chi connectivity index (χ0v) is 7.54. The van der Waals surface area contributed by atoms with Crippen molar-refractivity contribution in [2.24, 2.45) is 0 Å². The van der Waals surface area contributed by atoms with Gasteiger partial charge in [-0.3, -0.25) is 10.1 Å². The van der Waals surface area contributed by atoms with Gasteiger partial charge < -0.3 is 14.6 Å². The Labute approximate surface area is 84.5 Å². The predicted molar refractivity (Wildman–Crippen MR) is 50.3 cm³/mol. The zero-order chi connectivity index (χ0) is 10.8. The van der Waals surface area contributed by atoms with Crippen LogP contribution in [-0.2, 0) is 0 Å². The Balaban J connectivity index is 2.36. The van der Waals surface area contributed by atoms with E-state index in [0.717, 1.165) is 6.20 Å². The van der Waals surface area contributed by atoms with Crippen molar-refractivity contribution in [2.45, 2.75) is 0 Å². The number of nitrogens with zero attached hydrogens (tertiary/aromatic N) is 1. The average Bonchev–Trinajstić information content (AvgIpc) is 2.60. The number of hydrogen-bond acceptors (Lipinski definition) is 5. The maximum absolute atomic E-state index is 10.1. The van der Waals surface area contributed by atoms with E-state index >= 15 is 0 Å². The third kappa shape index (κ3) is 1.83. The first kappa shape index (κ1) is 9.32. The molecule has 0 amide bonds. The van der Waals surface area contributed by atoms with E-state index in [1.807, 2.05) is 0 Å². The Hall–Kier alpha value is -2.24. The summed E-state index contributed by atoms with van der Waals surface area (Å²) in [6, 6.07) is 2.85. The molecule has 0 radical (unpaired) electrons. The molecule has 0 spiro atoms. The molecule has 0 unspecified atom stereocenters. The highest BCUT2D eigenvalue weighted by Crippen LogP contribution is 2.37. The number of hydrogen-bond donors (Lipinski definition) is 1. The van der Waals surface area contributed by atoms with Gasteiger partial charge in [0.15, 0.2) is 11.5 Å². The maximum Gasteiger partial charge on any atom is 0.235 e. The summed E-state index contributed by atoms with van der Waals surface area (Å²) >= 11 is 0. The van der Waals surface area contributed by atoms with Crippen LogP contribution in [0.25, 0.3) is 6.08 Å². The van der Waals surface area contributed by atoms with Gasteiger partial charge in [-0.05, 0) is 6.07 Å². The molecule has 2 rings (SSSR count). The van der Waals surface area contributed by atoms with Gasteiger partial charge in [-0.25, -0.2) is 0 Å². The van der Waals surface area contributed by atoms with Crippen LogP contribution in [0.5, 0.6) is 17.2 Å². The first-order valence-corrected chi connectivity index (χ1v) is 4.11. The number of benzene rings is 1. The van der Waals surface area contributed by atoms with Crippen LogP contribution in [0.1, 0.15) is 5.56 Å². The van der Waals surface area contributed by atoms with Crippen LogP contribution in [0.4, 0.5) is 0 Å². The number of rotatable bonds is 2. The number of nitro groups is 1. The second kappa shape index (κ2) is 3.49. The Bertz CT molecular complexity index is 440. The number of phenols is 1. The van der Waals surface area contributed by atoms with Gasteiger partial charge in [0.05, 0.1) is 4.92 Å². The van der Waals surface area contributed by atoms with Crippen molar-refractivity contribution in [1.29, 1.82) is 0 Å². The highest BCUT2D eigenvalue weighted by Gasteiger charge is 2.16. The van der Waals surface area contributed by atoms with E-state index in [-0.39, 0.29) is 12.5 Å². The van der Waals surface area contributed by atoms with E-state index in [1.54, 1.807) is 0 Å². The minimum absolute atomic E-state index is 0.0858. The molecule has 0 fully saturated rings. The summed E-state index contributed by atoms with van der Waals surface area (Å²) in [5, 5.41) is 19.6. The Morgan fingerprint density at radius 3 is 2.73 bits per heavy atom. The molecule has 1 heterocycles. The van der Waals surface area contributed by atoms with E-state index in [2.05, 4.69) is 0 Å². The van der Waals surface area contributed by atoms with Gasteiger partial charge in [-0.2, -0.15) is 0 Å². The number of fused-ring (bicyclic) bond motifs is 1. The summed E-state index contributed by atoms with van der Waals surface area (Å²) < 4.78 is 10.1. The fourth-order valence-electron chi connectivity index (χ4n) is 1.22. The number of aromatic hydroxyl groups is 1. The highest BCUT2D eigenvalue weighted by molar-refractivity contribution is 5.62. The summed E-state index contributed by atoms with van der Waals surface area (Å²) in [6.07, 6.45) is 1.94. The van der Waals surface area contributed by atoms with Crippen molar-refractivity contribution in [3.63, 3.8) is 0 Å². The molecule has 0 aromatic heterocycles. The minimum atomic E-state index is -0.607. The number of ether oxygens (including phenoxy) is 2. The average molecular weight is 209 g/mol. The van der Waals surface area contributed by atoms with Crippen molar-refractivity contribution >= 4 is 6.08 Å². The molecule has 1 aliphatic heterocycles. The highest BCUT2D eigenvalue weighted by atomic mass is 16.7. The van der Waals surface area contributed by atoms with Crippen LogP contribution < -0.4 is 9.47 Å². The fourth-order valence-corrected chi connectivity index (χ4v) is 1.22. The summed E-state index contributed by atoms with van der Waals surface area (Å²) in [7, 11) is 0. The molecule has 0 saturated carbocycles. The van der Waals surface area contributed by atoms with E-state index in [1.165, 1.54) is 18.2 Å². The lowest BCUT2D eigenvalue weighted by molar-refractivity contribution is -0.400. The summed E-state index contributed by atoms with van der Waals surface area (Å²) in [5.74, 6) is 0.818. The molecule has 15 heavy (non-hydrogen) atoms. The molecule has 6 heteroatoms. The molecule has 1 aromatic rings. The van der Waals surface area contributed by atoms with E-state index in [9.17, 15) is 15.2 Å². The second-order valence-electron chi connectivity index (χ2n) is 2.87. The van der Waals surface area contributed by atoms with E-state index < -0.39 is 4.92 Å². The number of phenolic OH excluding ortho intramolecular Hbond substituents is 1.